The predicted molar refractivity (Wildman–Crippen MR) is 101 cm³/mol. The summed E-state index contributed by atoms with van der Waals surface area (Å²) in [5.41, 5.74) is 5.30. The van der Waals surface area contributed by atoms with Crippen LogP contribution in [0.1, 0.15) is 30.4 Å². The standard InChI is InChI=1S/C19H21F3N2O2.ClH/c1-13(16-4-2-3-5-17(16)19(20,21)22)12-18(25)24-14-6-8-15(9-7-14)26-11-10-23;/h2-9,13H,10-12,23H2,1H3,(H,24,25);1H. The number of anilines is 1. The van der Waals surface area contributed by atoms with Gasteiger partial charge in [-0.2, -0.15) is 13.2 Å². The summed E-state index contributed by atoms with van der Waals surface area (Å²) in [5.74, 6) is -0.300. The van der Waals surface area contributed by atoms with Gasteiger partial charge in [-0.15, -0.1) is 12.4 Å². The van der Waals surface area contributed by atoms with Crippen molar-refractivity contribution >= 4 is 24.0 Å². The third-order valence-corrected chi connectivity index (χ3v) is 3.81. The highest BCUT2D eigenvalue weighted by Gasteiger charge is 2.34. The molecule has 2 aromatic rings. The van der Waals surface area contributed by atoms with E-state index < -0.39 is 17.7 Å². The first-order chi connectivity index (χ1) is 12.3. The second-order valence-electron chi connectivity index (χ2n) is 5.90. The number of alkyl halides is 3. The zero-order chi connectivity index (χ0) is 19.2. The highest BCUT2D eigenvalue weighted by molar-refractivity contribution is 5.91. The number of carbonyl (C=O) groups excluding carboxylic acids is 1. The number of carbonyl (C=O) groups is 1. The minimum atomic E-state index is -4.44. The molecule has 1 atom stereocenters. The van der Waals surface area contributed by atoms with E-state index in [1.807, 2.05) is 0 Å². The molecule has 0 heterocycles. The molecular formula is C19H22ClF3N2O2. The number of hydrogen-bond donors (Lipinski definition) is 2. The largest absolute Gasteiger partial charge is 0.492 e. The summed E-state index contributed by atoms with van der Waals surface area (Å²) in [4.78, 5) is 12.2. The first-order valence-corrected chi connectivity index (χ1v) is 8.20. The highest BCUT2D eigenvalue weighted by Crippen LogP contribution is 2.36. The Bertz CT molecular complexity index is 736. The van der Waals surface area contributed by atoms with Gasteiger partial charge in [-0.25, -0.2) is 0 Å². The predicted octanol–water partition coefficient (Wildman–Crippen LogP) is 4.60. The number of benzene rings is 2. The van der Waals surface area contributed by atoms with Gasteiger partial charge in [-0.3, -0.25) is 4.79 Å². The van der Waals surface area contributed by atoms with E-state index in [0.29, 0.717) is 24.6 Å². The van der Waals surface area contributed by atoms with E-state index in [2.05, 4.69) is 5.32 Å². The number of ether oxygens (including phenoxy) is 1. The Balaban J connectivity index is 0.00000364. The number of rotatable bonds is 7. The van der Waals surface area contributed by atoms with Gasteiger partial charge < -0.3 is 15.8 Å². The monoisotopic (exact) mass is 402 g/mol. The van der Waals surface area contributed by atoms with E-state index in [4.69, 9.17) is 10.5 Å². The van der Waals surface area contributed by atoms with Crippen molar-refractivity contribution in [1.82, 2.24) is 0 Å². The zero-order valence-electron chi connectivity index (χ0n) is 14.8. The van der Waals surface area contributed by atoms with Crippen molar-refractivity contribution in [3.63, 3.8) is 0 Å². The molecule has 0 saturated heterocycles. The molecule has 0 aliphatic carbocycles. The average molecular weight is 403 g/mol. The smallest absolute Gasteiger partial charge is 0.416 e. The summed E-state index contributed by atoms with van der Waals surface area (Å²) < 4.78 is 44.6. The fourth-order valence-corrected chi connectivity index (χ4v) is 2.60. The number of nitrogens with one attached hydrogen (secondary N) is 1. The SMILES string of the molecule is CC(CC(=O)Nc1ccc(OCCN)cc1)c1ccccc1C(F)(F)F.Cl. The maximum Gasteiger partial charge on any atom is 0.416 e. The van der Waals surface area contributed by atoms with Gasteiger partial charge in [0.25, 0.3) is 0 Å². The molecule has 1 amide bonds. The lowest BCUT2D eigenvalue weighted by Gasteiger charge is -2.18. The molecule has 3 N–H and O–H groups in total. The molecule has 0 aliphatic rings. The van der Waals surface area contributed by atoms with Crippen LogP contribution in [0.5, 0.6) is 5.75 Å². The van der Waals surface area contributed by atoms with Crippen molar-refractivity contribution in [3.8, 4) is 5.75 Å². The summed E-state index contributed by atoms with van der Waals surface area (Å²) in [6.45, 7) is 2.39. The molecule has 0 spiro atoms. The third kappa shape index (κ3) is 6.77. The van der Waals surface area contributed by atoms with Crippen molar-refractivity contribution in [2.75, 3.05) is 18.5 Å². The number of nitrogens with two attached hydrogens (primary N) is 1. The topological polar surface area (TPSA) is 64.3 Å². The van der Waals surface area contributed by atoms with Crippen LogP contribution < -0.4 is 15.8 Å². The van der Waals surface area contributed by atoms with Gasteiger partial charge in [0.2, 0.25) is 5.91 Å². The maximum atomic E-state index is 13.1. The van der Waals surface area contributed by atoms with Gasteiger partial charge in [0.1, 0.15) is 12.4 Å². The van der Waals surface area contributed by atoms with Crippen LogP contribution in [0, 0.1) is 0 Å². The van der Waals surface area contributed by atoms with Gasteiger partial charge >= 0.3 is 6.18 Å². The highest BCUT2D eigenvalue weighted by atomic mass is 35.5. The van der Waals surface area contributed by atoms with E-state index in [-0.39, 0.29) is 30.3 Å². The molecule has 0 fully saturated rings. The molecule has 2 aromatic carbocycles. The summed E-state index contributed by atoms with van der Waals surface area (Å²) in [7, 11) is 0. The van der Waals surface area contributed by atoms with Crippen LogP contribution in [-0.4, -0.2) is 19.1 Å². The number of hydrogen-bond acceptors (Lipinski definition) is 3. The Kier molecular flexibility index (Phi) is 8.59. The average Bonchev–Trinajstić information content (AvgIpc) is 2.60. The maximum absolute atomic E-state index is 13.1. The van der Waals surface area contributed by atoms with Gasteiger partial charge in [-0.1, -0.05) is 25.1 Å². The van der Waals surface area contributed by atoms with E-state index in [1.54, 1.807) is 37.3 Å². The quantitative estimate of drug-likeness (QED) is 0.711. The third-order valence-electron chi connectivity index (χ3n) is 3.81. The molecule has 0 aliphatic heterocycles. The number of amides is 1. The first kappa shape index (κ1) is 22.8. The molecule has 2 rings (SSSR count). The molecule has 148 valence electrons. The molecule has 1 unspecified atom stereocenters. The molecule has 8 heteroatoms. The van der Waals surface area contributed by atoms with Crippen LogP contribution >= 0.6 is 12.4 Å². The Morgan fingerprint density at radius 1 is 1.15 bits per heavy atom. The molecule has 0 saturated carbocycles. The van der Waals surface area contributed by atoms with Gasteiger partial charge in [0.05, 0.1) is 5.56 Å². The number of halogens is 4. The van der Waals surface area contributed by atoms with E-state index >= 15 is 0 Å². The minimum absolute atomic E-state index is 0. The van der Waals surface area contributed by atoms with Crippen LogP contribution in [-0.2, 0) is 11.0 Å². The van der Waals surface area contributed by atoms with Crippen molar-refractivity contribution in [2.24, 2.45) is 5.73 Å². The van der Waals surface area contributed by atoms with E-state index in [1.165, 1.54) is 12.1 Å². The Morgan fingerprint density at radius 3 is 2.37 bits per heavy atom. The van der Waals surface area contributed by atoms with E-state index in [0.717, 1.165) is 6.07 Å². The molecular weight excluding hydrogens is 381 g/mol. The van der Waals surface area contributed by atoms with Crippen molar-refractivity contribution in [1.29, 1.82) is 0 Å². The zero-order valence-corrected chi connectivity index (χ0v) is 15.6. The second-order valence-corrected chi connectivity index (χ2v) is 5.90. The molecule has 0 bridgehead atoms. The minimum Gasteiger partial charge on any atom is -0.492 e. The normalized spacial score (nSPS) is 12.0. The summed E-state index contributed by atoms with van der Waals surface area (Å²) >= 11 is 0. The van der Waals surface area contributed by atoms with Gasteiger partial charge in [0, 0.05) is 18.7 Å². The van der Waals surface area contributed by atoms with Crippen LogP contribution in [0.25, 0.3) is 0 Å². The van der Waals surface area contributed by atoms with Crippen molar-refractivity contribution in [2.45, 2.75) is 25.4 Å². The lowest BCUT2D eigenvalue weighted by molar-refractivity contribution is -0.138. The Labute approximate surface area is 162 Å². The van der Waals surface area contributed by atoms with Gasteiger partial charge in [0.15, 0.2) is 0 Å². The van der Waals surface area contributed by atoms with Gasteiger partial charge in [-0.05, 0) is 41.8 Å². The first-order valence-electron chi connectivity index (χ1n) is 8.20. The van der Waals surface area contributed by atoms with Crippen molar-refractivity contribution in [3.05, 3.63) is 59.7 Å². The molecule has 0 radical (unpaired) electrons. The summed E-state index contributed by atoms with van der Waals surface area (Å²) in [6, 6.07) is 12.0. The summed E-state index contributed by atoms with van der Waals surface area (Å²) in [6.07, 6.45) is -4.50. The molecule has 4 nitrogen and oxygen atoms in total. The summed E-state index contributed by atoms with van der Waals surface area (Å²) in [5, 5.41) is 2.68. The Hall–Kier alpha value is -2.25. The van der Waals surface area contributed by atoms with Crippen LogP contribution in [0.4, 0.5) is 18.9 Å². The molecule has 0 aromatic heterocycles. The molecule has 27 heavy (non-hydrogen) atoms. The Morgan fingerprint density at radius 2 is 1.78 bits per heavy atom. The van der Waals surface area contributed by atoms with Crippen molar-refractivity contribution < 1.29 is 22.7 Å². The van der Waals surface area contributed by atoms with Crippen LogP contribution in [0.3, 0.4) is 0 Å². The van der Waals surface area contributed by atoms with Crippen LogP contribution in [0.2, 0.25) is 0 Å². The lowest BCUT2D eigenvalue weighted by atomic mass is 9.92. The van der Waals surface area contributed by atoms with E-state index in [9.17, 15) is 18.0 Å². The second kappa shape index (κ2) is 10.2. The fourth-order valence-electron chi connectivity index (χ4n) is 2.60. The lowest BCUT2D eigenvalue weighted by Crippen LogP contribution is -2.17. The fraction of sp³-hybridized carbons (Fsp3) is 0.316. The van der Waals surface area contributed by atoms with Crippen LogP contribution in [0.15, 0.2) is 48.5 Å².